The third-order valence-corrected chi connectivity index (χ3v) is 3.58. The molecule has 0 saturated carbocycles. The quantitative estimate of drug-likeness (QED) is 0.873. The van der Waals surface area contributed by atoms with Crippen molar-refractivity contribution in [3.63, 3.8) is 0 Å². The zero-order valence-corrected chi connectivity index (χ0v) is 12.7. The van der Waals surface area contributed by atoms with Crippen LogP contribution in [0.4, 0.5) is 4.39 Å². The van der Waals surface area contributed by atoms with E-state index in [0.717, 1.165) is 23.6 Å². The first-order valence-corrected chi connectivity index (χ1v) is 7.13. The zero-order chi connectivity index (χ0) is 14.7. The van der Waals surface area contributed by atoms with E-state index in [2.05, 4.69) is 5.32 Å². The first-order valence-electron chi connectivity index (χ1n) is 6.75. The number of benzene rings is 1. The summed E-state index contributed by atoms with van der Waals surface area (Å²) < 4.78 is 19.5. The molecule has 1 heterocycles. The van der Waals surface area contributed by atoms with E-state index in [0.29, 0.717) is 17.0 Å². The lowest BCUT2D eigenvalue weighted by Gasteiger charge is -2.18. The molecule has 1 unspecified atom stereocenters. The van der Waals surface area contributed by atoms with Gasteiger partial charge in [0.1, 0.15) is 17.3 Å². The fraction of sp³-hybridized carbons (Fsp3) is 0.375. The molecule has 1 aromatic carbocycles. The summed E-state index contributed by atoms with van der Waals surface area (Å²) in [6.07, 6.45) is 0.566. The van der Waals surface area contributed by atoms with Crippen LogP contribution in [0, 0.1) is 19.7 Å². The molecule has 4 heteroatoms. The SMILES string of the molecule is CCNC(Cc1ccc(Cl)cc1F)c1cc(C)oc1C. The smallest absolute Gasteiger partial charge is 0.127 e. The molecule has 2 nitrogen and oxygen atoms in total. The Labute approximate surface area is 123 Å². The first-order chi connectivity index (χ1) is 9.51. The first kappa shape index (κ1) is 15.1. The van der Waals surface area contributed by atoms with E-state index in [4.69, 9.17) is 16.0 Å². The van der Waals surface area contributed by atoms with Crippen molar-refractivity contribution in [2.24, 2.45) is 0 Å². The fourth-order valence-corrected chi connectivity index (χ4v) is 2.60. The van der Waals surface area contributed by atoms with Gasteiger partial charge in [0, 0.05) is 16.6 Å². The minimum atomic E-state index is -0.265. The summed E-state index contributed by atoms with van der Waals surface area (Å²) in [4.78, 5) is 0. The Morgan fingerprint density at radius 3 is 2.60 bits per heavy atom. The van der Waals surface area contributed by atoms with Crippen LogP contribution < -0.4 is 5.32 Å². The third-order valence-electron chi connectivity index (χ3n) is 3.34. The predicted octanol–water partition coefficient (Wildman–Crippen LogP) is 4.58. The van der Waals surface area contributed by atoms with Gasteiger partial charge in [-0.3, -0.25) is 0 Å². The van der Waals surface area contributed by atoms with Crippen LogP contribution >= 0.6 is 11.6 Å². The van der Waals surface area contributed by atoms with Crippen LogP contribution in [0.15, 0.2) is 28.7 Å². The molecule has 0 bridgehead atoms. The molecular formula is C16H19ClFNO. The molecule has 1 aromatic heterocycles. The molecule has 0 radical (unpaired) electrons. The van der Waals surface area contributed by atoms with Crippen LogP contribution in [0.25, 0.3) is 0 Å². The van der Waals surface area contributed by atoms with Crippen molar-refractivity contribution in [1.29, 1.82) is 0 Å². The molecule has 0 aliphatic rings. The summed E-state index contributed by atoms with van der Waals surface area (Å²) in [5.74, 6) is 1.48. The maximum Gasteiger partial charge on any atom is 0.127 e. The Morgan fingerprint density at radius 2 is 2.05 bits per heavy atom. The van der Waals surface area contributed by atoms with Crippen molar-refractivity contribution in [2.45, 2.75) is 33.2 Å². The summed E-state index contributed by atoms with van der Waals surface area (Å²) in [5, 5.41) is 3.80. The molecule has 2 rings (SSSR count). The number of hydrogen-bond acceptors (Lipinski definition) is 2. The summed E-state index contributed by atoms with van der Waals surface area (Å²) >= 11 is 5.79. The molecule has 20 heavy (non-hydrogen) atoms. The zero-order valence-electron chi connectivity index (χ0n) is 12.0. The topological polar surface area (TPSA) is 25.2 Å². The average molecular weight is 296 g/mol. The minimum Gasteiger partial charge on any atom is -0.466 e. The molecule has 1 N–H and O–H groups in total. The Morgan fingerprint density at radius 1 is 1.30 bits per heavy atom. The van der Waals surface area contributed by atoms with Gasteiger partial charge < -0.3 is 9.73 Å². The van der Waals surface area contributed by atoms with E-state index >= 15 is 0 Å². The number of hydrogen-bond donors (Lipinski definition) is 1. The lowest BCUT2D eigenvalue weighted by atomic mass is 9.98. The highest BCUT2D eigenvalue weighted by atomic mass is 35.5. The molecule has 0 saturated heterocycles. The number of aryl methyl sites for hydroxylation is 2. The van der Waals surface area contributed by atoms with Gasteiger partial charge in [0.15, 0.2) is 0 Å². The highest BCUT2D eigenvalue weighted by molar-refractivity contribution is 6.30. The number of furan rings is 1. The van der Waals surface area contributed by atoms with Crippen molar-refractivity contribution < 1.29 is 8.81 Å². The summed E-state index contributed by atoms with van der Waals surface area (Å²) in [6, 6.07) is 6.86. The number of likely N-dealkylation sites (N-methyl/N-ethyl adjacent to an activating group) is 1. The van der Waals surface area contributed by atoms with Crippen molar-refractivity contribution in [3.05, 3.63) is 57.8 Å². The Bertz CT molecular complexity index is 594. The van der Waals surface area contributed by atoms with Crippen molar-refractivity contribution in [1.82, 2.24) is 5.32 Å². The van der Waals surface area contributed by atoms with Crippen LogP contribution in [-0.4, -0.2) is 6.54 Å². The Hall–Kier alpha value is -1.32. The van der Waals surface area contributed by atoms with Gasteiger partial charge in [-0.1, -0.05) is 24.6 Å². The van der Waals surface area contributed by atoms with E-state index in [1.807, 2.05) is 26.8 Å². The second kappa shape index (κ2) is 6.42. The highest BCUT2D eigenvalue weighted by Gasteiger charge is 2.18. The van der Waals surface area contributed by atoms with Gasteiger partial charge in [0.2, 0.25) is 0 Å². The van der Waals surface area contributed by atoms with Crippen molar-refractivity contribution >= 4 is 11.6 Å². The molecule has 0 spiro atoms. The summed E-state index contributed by atoms with van der Waals surface area (Å²) in [7, 11) is 0. The molecule has 1 atom stereocenters. The van der Waals surface area contributed by atoms with E-state index in [1.54, 1.807) is 12.1 Å². The van der Waals surface area contributed by atoms with Crippen LogP contribution in [0.1, 0.15) is 35.6 Å². The third kappa shape index (κ3) is 3.41. The predicted molar refractivity (Wildman–Crippen MR) is 79.7 cm³/mol. The molecular weight excluding hydrogens is 277 g/mol. The van der Waals surface area contributed by atoms with Gasteiger partial charge in [-0.25, -0.2) is 4.39 Å². The molecule has 108 valence electrons. The van der Waals surface area contributed by atoms with Crippen LogP contribution in [0.3, 0.4) is 0 Å². The fourth-order valence-electron chi connectivity index (χ4n) is 2.44. The number of rotatable bonds is 5. The monoisotopic (exact) mass is 295 g/mol. The highest BCUT2D eigenvalue weighted by Crippen LogP contribution is 2.26. The van der Waals surface area contributed by atoms with E-state index in [-0.39, 0.29) is 11.9 Å². The molecule has 0 amide bonds. The second-order valence-corrected chi connectivity index (χ2v) is 5.36. The number of halogens is 2. The standard InChI is InChI=1S/C16H19ClFNO/c1-4-19-16(14-7-10(2)20-11(14)3)8-12-5-6-13(17)9-15(12)18/h5-7,9,16,19H,4,8H2,1-3H3. The minimum absolute atomic E-state index is 0.0353. The van der Waals surface area contributed by atoms with Crippen molar-refractivity contribution in [2.75, 3.05) is 6.54 Å². The van der Waals surface area contributed by atoms with Gasteiger partial charge in [-0.15, -0.1) is 0 Å². The largest absolute Gasteiger partial charge is 0.466 e. The molecule has 0 aliphatic heterocycles. The molecule has 0 fully saturated rings. The summed E-state index contributed by atoms with van der Waals surface area (Å²) in [6.45, 7) is 6.70. The van der Waals surface area contributed by atoms with E-state index in [1.165, 1.54) is 6.07 Å². The van der Waals surface area contributed by atoms with Gasteiger partial charge in [-0.05, 0) is 50.6 Å². The maximum atomic E-state index is 13.9. The normalized spacial score (nSPS) is 12.7. The Kier molecular flexibility index (Phi) is 4.84. The van der Waals surface area contributed by atoms with Gasteiger partial charge in [0.05, 0.1) is 0 Å². The van der Waals surface area contributed by atoms with E-state index in [9.17, 15) is 4.39 Å². The van der Waals surface area contributed by atoms with Crippen molar-refractivity contribution in [3.8, 4) is 0 Å². The van der Waals surface area contributed by atoms with Crippen LogP contribution in [0.2, 0.25) is 5.02 Å². The molecule has 2 aromatic rings. The van der Waals surface area contributed by atoms with Gasteiger partial charge in [-0.2, -0.15) is 0 Å². The average Bonchev–Trinajstić information content (AvgIpc) is 2.71. The van der Waals surface area contributed by atoms with Gasteiger partial charge >= 0.3 is 0 Å². The number of nitrogens with one attached hydrogen (secondary N) is 1. The maximum absolute atomic E-state index is 13.9. The van der Waals surface area contributed by atoms with Crippen LogP contribution in [0.5, 0.6) is 0 Å². The van der Waals surface area contributed by atoms with E-state index < -0.39 is 0 Å². The second-order valence-electron chi connectivity index (χ2n) is 4.92. The van der Waals surface area contributed by atoms with Gasteiger partial charge in [0.25, 0.3) is 0 Å². The lowest BCUT2D eigenvalue weighted by Crippen LogP contribution is -2.23. The van der Waals surface area contributed by atoms with Crippen LogP contribution in [-0.2, 0) is 6.42 Å². The molecule has 0 aliphatic carbocycles. The summed E-state index contributed by atoms with van der Waals surface area (Å²) in [5.41, 5.74) is 1.73. The lowest BCUT2D eigenvalue weighted by molar-refractivity contribution is 0.481. The Balaban J connectivity index is 2.27.